The van der Waals surface area contributed by atoms with Crippen LogP contribution in [0, 0.1) is 0 Å². The minimum atomic E-state index is -3.19. The average molecular weight is 359 g/mol. The summed E-state index contributed by atoms with van der Waals surface area (Å²) in [5, 5.41) is 3.48. The smallest absolute Gasteiger partial charge is 0.209 e. The van der Waals surface area contributed by atoms with Crippen molar-refractivity contribution in [1.82, 2.24) is 10.0 Å². The molecule has 0 aliphatic carbocycles. The van der Waals surface area contributed by atoms with Crippen molar-refractivity contribution in [3.8, 4) is 0 Å². The summed E-state index contributed by atoms with van der Waals surface area (Å²) in [6, 6.07) is 19.1. The van der Waals surface area contributed by atoms with Crippen LogP contribution in [0.3, 0.4) is 0 Å². The first-order valence-corrected chi connectivity index (χ1v) is 10.7. The van der Waals surface area contributed by atoms with Crippen molar-refractivity contribution in [1.29, 1.82) is 0 Å². The van der Waals surface area contributed by atoms with Crippen molar-refractivity contribution in [3.05, 3.63) is 71.3 Å². The standard InChI is InChI=1S/C20H26N2O2S/c1-25(23,24)22-19-11-6-12-21-20(19)15-18-10-5-9-17(14-18)13-16-7-3-2-4-8-16/h2-5,7-10,14,19-22H,6,11-13,15H2,1H3. The number of nitrogens with one attached hydrogen (secondary N) is 2. The van der Waals surface area contributed by atoms with Gasteiger partial charge in [0.15, 0.2) is 0 Å². The fourth-order valence-corrected chi connectivity index (χ4v) is 4.37. The summed E-state index contributed by atoms with van der Waals surface area (Å²) in [7, 11) is -3.19. The Bertz CT molecular complexity index is 790. The van der Waals surface area contributed by atoms with E-state index in [2.05, 4.69) is 58.6 Å². The van der Waals surface area contributed by atoms with Gasteiger partial charge >= 0.3 is 0 Å². The minimum Gasteiger partial charge on any atom is -0.312 e. The van der Waals surface area contributed by atoms with Gasteiger partial charge in [0.1, 0.15) is 0 Å². The molecule has 1 saturated heterocycles. The van der Waals surface area contributed by atoms with Gasteiger partial charge in [0.05, 0.1) is 6.26 Å². The second-order valence-electron chi connectivity index (χ2n) is 6.89. The Morgan fingerprint density at radius 3 is 2.52 bits per heavy atom. The van der Waals surface area contributed by atoms with Crippen LogP contribution in [0.4, 0.5) is 0 Å². The van der Waals surface area contributed by atoms with Crippen LogP contribution in [-0.4, -0.2) is 33.3 Å². The number of hydrogen-bond donors (Lipinski definition) is 2. The summed E-state index contributed by atoms with van der Waals surface area (Å²) in [6.07, 6.45) is 4.86. The van der Waals surface area contributed by atoms with Gasteiger partial charge < -0.3 is 5.32 Å². The monoisotopic (exact) mass is 358 g/mol. The van der Waals surface area contributed by atoms with Crippen LogP contribution in [0.1, 0.15) is 29.5 Å². The van der Waals surface area contributed by atoms with Crippen LogP contribution in [-0.2, 0) is 22.9 Å². The fourth-order valence-electron chi connectivity index (χ4n) is 3.54. The largest absolute Gasteiger partial charge is 0.312 e. The van der Waals surface area contributed by atoms with E-state index in [1.165, 1.54) is 22.9 Å². The van der Waals surface area contributed by atoms with E-state index >= 15 is 0 Å². The fraction of sp³-hybridized carbons (Fsp3) is 0.400. The first kappa shape index (κ1) is 18.1. The van der Waals surface area contributed by atoms with Crippen LogP contribution in [0.5, 0.6) is 0 Å². The van der Waals surface area contributed by atoms with Crippen LogP contribution in [0.15, 0.2) is 54.6 Å². The van der Waals surface area contributed by atoms with Crippen molar-refractivity contribution in [2.75, 3.05) is 12.8 Å². The Morgan fingerprint density at radius 1 is 1.04 bits per heavy atom. The van der Waals surface area contributed by atoms with E-state index in [1.54, 1.807) is 0 Å². The lowest BCUT2D eigenvalue weighted by Gasteiger charge is -2.33. The van der Waals surface area contributed by atoms with Crippen LogP contribution in [0.25, 0.3) is 0 Å². The Balaban J connectivity index is 1.70. The maximum Gasteiger partial charge on any atom is 0.209 e. The maximum atomic E-state index is 11.6. The van der Waals surface area contributed by atoms with Gasteiger partial charge in [-0.1, -0.05) is 54.6 Å². The highest BCUT2D eigenvalue weighted by Gasteiger charge is 2.27. The summed E-state index contributed by atoms with van der Waals surface area (Å²) < 4.78 is 26.0. The molecule has 2 N–H and O–H groups in total. The lowest BCUT2D eigenvalue weighted by atomic mass is 9.92. The van der Waals surface area contributed by atoms with E-state index in [1.807, 2.05) is 6.07 Å². The third-order valence-corrected chi connectivity index (χ3v) is 5.38. The van der Waals surface area contributed by atoms with Gasteiger partial charge in [0, 0.05) is 12.1 Å². The van der Waals surface area contributed by atoms with Crippen LogP contribution in [0.2, 0.25) is 0 Å². The van der Waals surface area contributed by atoms with Crippen molar-refractivity contribution in [2.24, 2.45) is 0 Å². The molecule has 0 radical (unpaired) electrons. The summed E-state index contributed by atoms with van der Waals surface area (Å²) in [5.74, 6) is 0. The molecule has 1 aliphatic rings. The summed E-state index contributed by atoms with van der Waals surface area (Å²) in [5.41, 5.74) is 3.83. The maximum absolute atomic E-state index is 11.6. The molecule has 0 saturated carbocycles. The van der Waals surface area contributed by atoms with E-state index in [9.17, 15) is 8.42 Å². The van der Waals surface area contributed by atoms with Crippen LogP contribution < -0.4 is 10.0 Å². The molecule has 2 aromatic carbocycles. The van der Waals surface area contributed by atoms with Gasteiger partial charge in [-0.3, -0.25) is 0 Å². The van der Waals surface area contributed by atoms with E-state index in [-0.39, 0.29) is 12.1 Å². The molecule has 4 nitrogen and oxygen atoms in total. The van der Waals surface area contributed by atoms with E-state index < -0.39 is 10.0 Å². The third kappa shape index (κ3) is 5.66. The molecule has 0 bridgehead atoms. The molecule has 2 atom stereocenters. The second kappa shape index (κ2) is 8.13. The number of piperidine rings is 1. The molecule has 1 aliphatic heterocycles. The van der Waals surface area contributed by atoms with Crippen molar-refractivity contribution in [3.63, 3.8) is 0 Å². The Hall–Kier alpha value is -1.69. The highest BCUT2D eigenvalue weighted by atomic mass is 32.2. The zero-order valence-electron chi connectivity index (χ0n) is 14.6. The van der Waals surface area contributed by atoms with Crippen molar-refractivity contribution >= 4 is 10.0 Å². The predicted octanol–water partition coefficient (Wildman–Crippen LogP) is 2.49. The molecule has 25 heavy (non-hydrogen) atoms. The molecule has 0 spiro atoms. The number of sulfonamides is 1. The lowest BCUT2D eigenvalue weighted by molar-refractivity contribution is 0.329. The van der Waals surface area contributed by atoms with Crippen molar-refractivity contribution in [2.45, 2.75) is 37.8 Å². The lowest BCUT2D eigenvalue weighted by Crippen LogP contribution is -2.54. The van der Waals surface area contributed by atoms with Gasteiger partial charge in [-0.05, 0) is 48.9 Å². The average Bonchev–Trinajstić information content (AvgIpc) is 2.57. The molecule has 5 heteroatoms. The Kier molecular flexibility index (Phi) is 5.89. The van der Waals surface area contributed by atoms with Gasteiger partial charge in [0.2, 0.25) is 10.0 Å². The van der Waals surface area contributed by atoms with Gasteiger partial charge in [0.25, 0.3) is 0 Å². The van der Waals surface area contributed by atoms with Gasteiger partial charge in [-0.2, -0.15) is 0 Å². The third-order valence-electron chi connectivity index (χ3n) is 4.65. The van der Waals surface area contributed by atoms with E-state index in [0.29, 0.717) is 0 Å². The summed E-state index contributed by atoms with van der Waals surface area (Å²) in [4.78, 5) is 0. The van der Waals surface area contributed by atoms with Crippen molar-refractivity contribution < 1.29 is 8.42 Å². The molecule has 2 aromatic rings. The molecule has 1 heterocycles. The Morgan fingerprint density at radius 2 is 1.76 bits per heavy atom. The predicted molar refractivity (Wildman–Crippen MR) is 102 cm³/mol. The first-order chi connectivity index (χ1) is 12.0. The molecule has 2 unspecified atom stereocenters. The van der Waals surface area contributed by atoms with Crippen LogP contribution >= 0.6 is 0 Å². The molecule has 1 fully saturated rings. The quantitative estimate of drug-likeness (QED) is 0.834. The SMILES string of the molecule is CS(=O)(=O)NC1CCCNC1Cc1cccc(Cc2ccccc2)c1. The van der Waals surface area contributed by atoms with Gasteiger partial charge in [-0.15, -0.1) is 0 Å². The highest BCUT2D eigenvalue weighted by Crippen LogP contribution is 2.17. The molecular formula is C20H26N2O2S. The molecule has 134 valence electrons. The van der Waals surface area contributed by atoms with Gasteiger partial charge in [-0.25, -0.2) is 13.1 Å². The Labute approximate surface area is 150 Å². The zero-order chi connectivity index (χ0) is 17.7. The summed E-state index contributed by atoms with van der Waals surface area (Å²) in [6.45, 7) is 0.941. The number of benzene rings is 2. The molecular weight excluding hydrogens is 332 g/mol. The van der Waals surface area contributed by atoms with E-state index in [0.717, 1.165) is 32.2 Å². The highest BCUT2D eigenvalue weighted by molar-refractivity contribution is 7.88. The normalized spacial score (nSPS) is 21.2. The molecule has 0 amide bonds. The second-order valence-corrected chi connectivity index (χ2v) is 8.67. The topological polar surface area (TPSA) is 58.2 Å². The number of hydrogen-bond acceptors (Lipinski definition) is 3. The number of rotatable bonds is 6. The zero-order valence-corrected chi connectivity index (χ0v) is 15.4. The molecule has 3 rings (SSSR count). The minimum absolute atomic E-state index is 0.0403. The first-order valence-electron chi connectivity index (χ1n) is 8.82. The molecule has 0 aromatic heterocycles. The van der Waals surface area contributed by atoms with E-state index in [4.69, 9.17) is 0 Å². The summed E-state index contributed by atoms with van der Waals surface area (Å²) >= 11 is 0.